The summed E-state index contributed by atoms with van der Waals surface area (Å²) in [5.41, 5.74) is 7.02. The molecule has 3 aromatic rings. The monoisotopic (exact) mass is 468 g/mol. The van der Waals surface area contributed by atoms with Crippen LogP contribution in [0.1, 0.15) is 41.6 Å². The summed E-state index contributed by atoms with van der Waals surface area (Å²) in [6.45, 7) is 5.44. The molecule has 11 nitrogen and oxygen atoms in total. The largest absolute Gasteiger partial charge is 0.356 e. The van der Waals surface area contributed by atoms with E-state index in [-0.39, 0.29) is 18.5 Å². The highest BCUT2D eigenvalue weighted by Gasteiger charge is 2.33. The molecule has 0 bridgehead atoms. The van der Waals surface area contributed by atoms with E-state index in [4.69, 9.17) is 5.73 Å². The van der Waals surface area contributed by atoms with Crippen LogP contribution in [0.15, 0.2) is 21.9 Å². The van der Waals surface area contributed by atoms with Gasteiger partial charge in [0.2, 0.25) is 0 Å². The first-order valence-corrected chi connectivity index (χ1v) is 11.5. The van der Waals surface area contributed by atoms with Crippen molar-refractivity contribution in [3.8, 4) is 0 Å². The molecular formula is C23H32N8O3. The van der Waals surface area contributed by atoms with E-state index in [1.54, 1.807) is 33.4 Å². The van der Waals surface area contributed by atoms with Crippen LogP contribution in [0.4, 0.5) is 5.82 Å². The Morgan fingerprint density at radius 1 is 1.24 bits per heavy atom. The van der Waals surface area contributed by atoms with Gasteiger partial charge in [-0.05, 0) is 32.8 Å². The zero-order valence-electron chi connectivity index (χ0n) is 20.4. The van der Waals surface area contributed by atoms with Crippen LogP contribution in [0.3, 0.4) is 0 Å². The van der Waals surface area contributed by atoms with Gasteiger partial charge in [0.05, 0.1) is 12.1 Å². The fourth-order valence-corrected chi connectivity index (χ4v) is 4.75. The van der Waals surface area contributed by atoms with Gasteiger partial charge in [-0.25, -0.2) is 14.8 Å². The van der Waals surface area contributed by atoms with Crippen molar-refractivity contribution in [2.45, 2.75) is 45.8 Å². The summed E-state index contributed by atoms with van der Waals surface area (Å²) in [4.78, 5) is 52.7. The average Bonchev–Trinajstić information content (AvgIpc) is 3.15. The van der Waals surface area contributed by atoms with E-state index in [0.29, 0.717) is 41.3 Å². The molecule has 0 spiro atoms. The van der Waals surface area contributed by atoms with Crippen LogP contribution in [0.5, 0.6) is 0 Å². The molecule has 4 heterocycles. The van der Waals surface area contributed by atoms with Crippen LogP contribution in [0, 0.1) is 6.92 Å². The lowest BCUT2D eigenvalue weighted by Crippen LogP contribution is -2.44. The molecule has 0 saturated carbocycles. The molecule has 1 fully saturated rings. The highest BCUT2D eigenvalue weighted by molar-refractivity contribution is 6.10. The first kappa shape index (κ1) is 23.7. The van der Waals surface area contributed by atoms with Crippen molar-refractivity contribution in [2.24, 2.45) is 12.8 Å². The van der Waals surface area contributed by atoms with Crippen molar-refractivity contribution in [3.63, 3.8) is 0 Å². The van der Waals surface area contributed by atoms with Crippen molar-refractivity contribution in [1.29, 1.82) is 0 Å². The SMILES string of the molecule is CCn1c(N2CCC[C@@H](N)C2)c(C(=O)N(C)C)c2c1c(=O)n(Cc1nccc(C)n1)c(=O)n2C. The van der Waals surface area contributed by atoms with Crippen LogP contribution >= 0.6 is 0 Å². The summed E-state index contributed by atoms with van der Waals surface area (Å²) in [6, 6.07) is 1.73. The van der Waals surface area contributed by atoms with Crippen LogP contribution in [-0.4, -0.2) is 67.7 Å². The molecule has 182 valence electrons. The van der Waals surface area contributed by atoms with Gasteiger partial charge in [0.1, 0.15) is 22.7 Å². The van der Waals surface area contributed by atoms with Gasteiger partial charge < -0.3 is 20.1 Å². The van der Waals surface area contributed by atoms with E-state index in [2.05, 4.69) is 14.9 Å². The summed E-state index contributed by atoms with van der Waals surface area (Å²) < 4.78 is 4.38. The van der Waals surface area contributed by atoms with Crippen molar-refractivity contribution < 1.29 is 4.79 Å². The number of rotatable bonds is 5. The lowest BCUT2D eigenvalue weighted by Gasteiger charge is -2.34. The summed E-state index contributed by atoms with van der Waals surface area (Å²) in [5.74, 6) is 0.753. The predicted molar refractivity (Wildman–Crippen MR) is 130 cm³/mol. The molecule has 1 aliphatic heterocycles. The van der Waals surface area contributed by atoms with Crippen molar-refractivity contribution in [3.05, 3.63) is 50.2 Å². The van der Waals surface area contributed by atoms with Gasteiger partial charge >= 0.3 is 5.69 Å². The van der Waals surface area contributed by atoms with Gasteiger partial charge in [-0.15, -0.1) is 0 Å². The number of hydrogen-bond acceptors (Lipinski definition) is 7. The number of nitrogens with zero attached hydrogens (tertiary/aromatic N) is 7. The van der Waals surface area contributed by atoms with Crippen LogP contribution in [0.2, 0.25) is 0 Å². The van der Waals surface area contributed by atoms with Crippen LogP contribution in [-0.2, 0) is 20.1 Å². The molecule has 34 heavy (non-hydrogen) atoms. The van der Waals surface area contributed by atoms with Gasteiger partial charge in [0.15, 0.2) is 0 Å². The molecule has 1 saturated heterocycles. The Hall–Kier alpha value is -3.47. The van der Waals surface area contributed by atoms with Crippen molar-refractivity contribution in [1.82, 2.24) is 28.6 Å². The maximum Gasteiger partial charge on any atom is 0.331 e. The lowest BCUT2D eigenvalue weighted by molar-refractivity contribution is 0.0829. The minimum Gasteiger partial charge on any atom is -0.356 e. The Kier molecular flexibility index (Phi) is 6.30. The average molecular weight is 469 g/mol. The number of amides is 1. The maximum absolute atomic E-state index is 13.8. The normalized spacial score (nSPS) is 16.3. The molecule has 0 aromatic carbocycles. The van der Waals surface area contributed by atoms with Gasteiger partial charge in [0.25, 0.3) is 11.5 Å². The lowest BCUT2D eigenvalue weighted by atomic mass is 10.1. The predicted octanol–water partition coefficient (Wildman–Crippen LogP) is 0.298. The molecule has 0 radical (unpaired) electrons. The van der Waals surface area contributed by atoms with E-state index >= 15 is 0 Å². The Balaban J connectivity index is 2.06. The Morgan fingerprint density at radius 2 is 1.97 bits per heavy atom. The topological polar surface area (TPSA) is 124 Å². The van der Waals surface area contributed by atoms with Gasteiger partial charge in [-0.2, -0.15) is 0 Å². The molecule has 0 aliphatic carbocycles. The number of hydrogen-bond donors (Lipinski definition) is 1. The highest BCUT2D eigenvalue weighted by Crippen LogP contribution is 2.33. The molecule has 3 aromatic heterocycles. The van der Waals surface area contributed by atoms with Crippen LogP contribution in [0.25, 0.3) is 11.0 Å². The van der Waals surface area contributed by atoms with E-state index in [1.807, 2.05) is 18.4 Å². The van der Waals surface area contributed by atoms with Crippen molar-refractivity contribution in [2.75, 3.05) is 32.1 Å². The first-order chi connectivity index (χ1) is 16.1. The van der Waals surface area contributed by atoms with E-state index in [9.17, 15) is 14.4 Å². The molecule has 2 N–H and O–H groups in total. The van der Waals surface area contributed by atoms with Gasteiger partial charge in [-0.1, -0.05) is 0 Å². The second kappa shape index (κ2) is 9.05. The Morgan fingerprint density at radius 3 is 2.59 bits per heavy atom. The fraction of sp³-hybridized carbons (Fsp3) is 0.522. The second-order valence-corrected chi connectivity index (χ2v) is 9.04. The molecule has 4 rings (SSSR count). The fourth-order valence-electron chi connectivity index (χ4n) is 4.75. The number of aromatic nitrogens is 5. The van der Waals surface area contributed by atoms with E-state index in [1.165, 1.54) is 9.47 Å². The molecule has 1 atom stereocenters. The van der Waals surface area contributed by atoms with Gasteiger partial charge in [0, 0.05) is 58.7 Å². The molecule has 0 unspecified atom stereocenters. The first-order valence-electron chi connectivity index (χ1n) is 11.5. The number of carbonyl (C=O) groups excluding carboxylic acids is 1. The molecule has 1 aliphatic rings. The minimum absolute atomic E-state index is 0.0293. The third-order valence-electron chi connectivity index (χ3n) is 6.35. The number of aryl methyl sites for hydroxylation is 3. The molecule has 1 amide bonds. The maximum atomic E-state index is 13.8. The molecule has 11 heteroatoms. The summed E-state index contributed by atoms with van der Waals surface area (Å²) in [7, 11) is 4.92. The van der Waals surface area contributed by atoms with Gasteiger partial charge in [-0.3, -0.25) is 18.7 Å². The summed E-state index contributed by atoms with van der Waals surface area (Å²) in [5, 5.41) is 0. The van der Waals surface area contributed by atoms with E-state index in [0.717, 1.165) is 29.6 Å². The third kappa shape index (κ3) is 3.89. The van der Waals surface area contributed by atoms with Crippen LogP contribution < -0.4 is 21.9 Å². The number of fused-ring (bicyclic) bond motifs is 1. The zero-order chi connectivity index (χ0) is 24.7. The Bertz CT molecular complexity index is 1370. The number of carbonyl (C=O) groups is 1. The minimum atomic E-state index is -0.523. The third-order valence-corrected chi connectivity index (χ3v) is 6.35. The zero-order valence-corrected chi connectivity index (χ0v) is 20.4. The summed E-state index contributed by atoms with van der Waals surface area (Å²) >= 11 is 0. The quantitative estimate of drug-likeness (QED) is 0.571. The summed E-state index contributed by atoms with van der Waals surface area (Å²) in [6.07, 6.45) is 3.39. The molecular weight excluding hydrogens is 436 g/mol. The van der Waals surface area contributed by atoms with Crippen molar-refractivity contribution >= 4 is 22.8 Å². The number of nitrogens with two attached hydrogens (primary N) is 1. The highest BCUT2D eigenvalue weighted by atomic mass is 16.2. The smallest absolute Gasteiger partial charge is 0.331 e. The standard InChI is InChI=1S/C23H32N8O3/c1-6-30-19-18(17(21(32)27(3)4)20(30)29-11-7-8-15(24)12-29)28(5)23(34)31(22(19)33)13-16-25-10-9-14(2)26-16/h9-10,15H,6-8,11-13,24H2,1-5H3/t15-/m1/s1. The van der Waals surface area contributed by atoms with E-state index < -0.39 is 11.2 Å². The number of piperidine rings is 1. The second-order valence-electron chi connectivity index (χ2n) is 9.04. The Labute approximate surface area is 197 Å². The number of anilines is 1.